The molecule has 1 amide bonds. The van der Waals surface area contributed by atoms with Crippen molar-refractivity contribution in [1.29, 1.82) is 0 Å². The van der Waals surface area contributed by atoms with E-state index in [4.69, 9.17) is 4.98 Å². The number of imidazole rings is 1. The van der Waals surface area contributed by atoms with Crippen molar-refractivity contribution in [3.8, 4) is 0 Å². The summed E-state index contributed by atoms with van der Waals surface area (Å²) >= 11 is 3.61. The molecular weight excluding hydrogens is 390 g/mol. The van der Waals surface area contributed by atoms with E-state index < -0.39 is 0 Å². The zero-order valence-electron chi connectivity index (χ0n) is 15.5. The maximum absolute atomic E-state index is 13.4. The van der Waals surface area contributed by atoms with Gasteiger partial charge in [-0.05, 0) is 97.2 Å². The SMILES string of the molecule is CCc1nc2c(Br)cc(C)cn2c1C(=O)NC12CC3CC(CC(C3)C1)C2. The highest BCUT2D eigenvalue weighted by atomic mass is 79.9. The molecule has 4 bridgehead atoms. The van der Waals surface area contributed by atoms with Gasteiger partial charge in [0, 0.05) is 11.7 Å². The van der Waals surface area contributed by atoms with Crippen LogP contribution in [0.5, 0.6) is 0 Å². The number of nitrogens with one attached hydrogen (secondary N) is 1. The first kappa shape index (κ1) is 16.8. The van der Waals surface area contributed by atoms with Crippen LogP contribution < -0.4 is 5.32 Å². The van der Waals surface area contributed by atoms with Gasteiger partial charge in [0.05, 0.1) is 10.2 Å². The van der Waals surface area contributed by atoms with E-state index in [1.165, 1.54) is 38.5 Å². The van der Waals surface area contributed by atoms with Gasteiger partial charge in [-0.1, -0.05) is 6.92 Å². The highest BCUT2D eigenvalue weighted by molar-refractivity contribution is 9.10. The average molecular weight is 416 g/mol. The van der Waals surface area contributed by atoms with Gasteiger partial charge in [-0.3, -0.25) is 9.20 Å². The third-order valence-corrected chi connectivity index (χ3v) is 7.43. The Balaban J connectivity index is 1.53. The zero-order chi connectivity index (χ0) is 18.1. The fourth-order valence-corrected chi connectivity index (χ4v) is 6.97. The predicted molar refractivity (Wildman–Crippen MR) is 105 cm³/mol. The topological polar surface area (TPSA) is 46.4 Å². The molecule has 0 atom stereocenters. The molecular formula is C21H26BrN3O. The van der Waals surface area contributed by atoms with Crippen molar-refractivity contribution in [3.63, 3.8) is 0 Å². The van der Waals surface area contributed by atoms with Crippen molar-refractivity contribution in [3.05, 3.63) is 33.7 Å². The van der Waals surface area contributed by atoms with Gasteiger partial charge in [0.2, 0.25) is 0 Å². The van der Waals surface area contributed by atoms with Gasteiger partial charge in [0.1, 0.15) is 5.69 Å². The number of hydrogen-bond acceptors (Lipinski definition) is 2. The van der Waals surface area contributed by atoms with E-state index in [1.54, 1.807) is 0 Å². The number of fused-ring (bicyclic) bond motifs is 1. The Morgan fingerprint density at radius 2 is 1.88 bits per heavy atom. The fourth-order valence-electron chi connectivity index (χ4n) is 6.33. The Hall–Kier alpha value is -1.36. The molecule has 138 valence electrons. The number of rotatable bonds is 3. The number of halogens is 1. The van der Waals surface area contributed by atoms with Crippen molar-refractivity contribution < 1.29 is 4.79 Å². The summed E-state index contributed by atoms with van der Waals surface area (Å²) in [5.74, 6) is 2.54. The molecule has 2 aromatic heterocycles. The van der Waals surface area contributed by atoms with Crippen molar-refractivity contribution in [2.45, 2.75) is 64.3 Å². The van der Waals surface area contributed by atoms with Gasteiger partial charge in [0.25, 0.3) is 5.91 Å². The van der Waals surface area contributed by atoms with Crippen LogP contribution in [0, 0.1) is 24.7 Å². The Labute approximate surface area is 162 Å². The first-order valence-electron chi connectivity index (χ1n) is 9.96. The molecule has 2 heterocycles. The molecule has 0 unspecified atom stereocenters. The van der Waals surface area contributed by atoms with Gasteiger partial charge in [-0.15, -0.1) is 0 Å². The van der Waals surface area contributed by atoms with Crippen LogP contribution >= 0.6 is 15.9 Å². The molecule has 1 N–H and O–H groups in total. The Morgan fingerprint density at radius 1 is 1.27 bits per heavy atom. The molecule has 0 saturated heterocycles. The number of aromatic nitrogens is 2. The molecule has 4 fully saturated rings. The van der Waals surface area contributed by atoms with Crippen LogP contribution in [-0.2, 0) is 6.42 Å². The molecule has 5 heteroatoms. The van der Waals surface area contributed by atoms with Crippen LogP contribution in [0.1, 0.15) is 67.2 Å². The highest BCUT2D eigenvalue weighted by Gasteiger charge is 2.51. The van der Waals surface area contributed by atoms with Crippen LogP contribution in [-0.4, -0.2) is 20.8 Å². The molecule has 4 nitrogen and oxygen atoms in total. The number of aryl methyl sites for hydroxylation is 2. The predicted octanol–water partition coefficient (Wildman–Crippen LogP) is 4.67. The summed E-state index contributed by atoms with van der Waals surface area (Å²) in [5.41, 5.74) is 3.60. The number of hydrogen-bond donors (Lipinski definition) is 1. The minimum Gasteiger partial charge on any atom is -0.345 e. The first-order valence-corrected chi connectivity index (χ1v) is 10.8. The van der Waals surface area contributed by atoms with Gasteiger partial charge < -0.3 is 5.32 Å². The standard InChI is InChI=1S/C21H26BrN3O/c1-3-17-18(25-11-12(2)4-16(22)19(25)23-17)20(26)24-21-8-13-5-14(9-21)7-15(6-13)10-21/h4,11,13-15H,3,5-10H2,1-2H3,(H,24,26). The molecule has 6 rings (SSSR count). The number of pyridine rings is 1. The summed E-state index contributed by atoms with van der Waals surface area (Å²) in [4.78, 5) is 18.2. The van der Waals surface area contributed by atoms with Crippen LogP contribution in [0.25, 0.3) is 5.65 Å². The molecule has 0 spiro atoms. The van der Waals surface area contributed by atoms with E-state index in [0.717, 1.165) is 51.2 Å². The summed E-state index contributed by atoms with van der Waals surface area (Å²) < 4.78 is 2.93. The van der Waals surface area contributed by atoms with Crippen LogP contribution in [0.4, 0.5) is 0 Å². The third-order valence-electron chi connectivity index (χ3n) is 6.85. The first-order chi connectivity index (χ1) is 12.5. The highest BCUT2D eigenvalue weighted by Crippen LogP contribution is 2.55. The molecule has 2 aromatic rings. The number of carbonyl (C=O) groups excluding carboxylic acids is 1. The van der Waals surface area contributed by atoms with Gasteiger partial charge >= 0.3 is 0 Å². The Bertz CT molecular complexity index is 865. The second-order valence-corrected chi connectivity index (χ2v) is 9.83. The Kier molecular flexibility index (Phi) is 3.76. The number of amides is 1. The van der Waals surface area contributed by atoms with Gasteiger partial charge in [-0.25, -0.2) is 4.98 Å². The molecule has 0 radical (unpaired) electrons. The normalized spacial score (nSPS) is 32.3. The molecule has 4 saturated carbocycles. The minimum absolute atomic E-state index is 0.0298. The van der Waals surface area contributed by atoms with Crippen LogP contribution in [0.3, 0.4) is 0 Å². The molecule has 0 aromatic carbocycles. The van der Waals surface area contributed by atoms with Crippen LogP contribution in [0.15, 0.2) is 16.7 Å². The lowest BCUT2D eigenvalue weighted by Crippen LogP contribution is -2.60. The third kappa shape index (κ3) is 2.54. The molecule has 4 aliphatic rings. The summed E-state index contributed by atoms with van der Waals surface area (Å²) in [7, 11) is 0. The van der Waals surface area contributed by atoms with Crippen molar-refractivity contribution >= 4 is 27.5 Å². The lowest BCUT2D eigenvalue weighted by Gasteiger charge is -2.56. The largest absolute Gasteiger partial charge is 0.345 e. The average Bonchev–Trinajstić information content (AvgIpc) is 2.92. The quantitative estimate of drug-likeness (QED) is 0.791. The van der Waals surface area contributed by atoms with Gasteiger partial charge in [0.15, 0.2) is 5.65 Å². The summed E-state index contributed by atoms with van der Waals surface area (Å²) in [5, 5.41) is 3.52. The molecule has 0 aliphatic heterocycles. The summed E-state index contributed by atoms with van der Waals surface area (Å²) in [6.45, 7) is 4.13. The van der Waals surface area contributed by atoms with E-state index in [2.05, 4.69) is 41.2 Å². The van der Waals surface area contributed by atoms with E-state index in [0.29, 0.717) is 0 Å². The summed E-state index contributed by atoms with van der Waals surface area (Å²) in [6, 6.07) is 2.06. The van der Waals surface area contributed by atoms with E-state index in [1.807, 2.05) is 10.6 Å². The lowest BCUT2D eigenvalue weighted by atomic mass is 9.53. The zero-order valence-corrected chi connectivity index (χ0v) is 17.1. The monoisotopic (exact) mass is 415 g/mol. The lowest BCUT2D eigenvalue weighted by molar-refractivity contribution is -0.0168. The van der Waals surface area contributed by atoms with Crippen molar-refractivity contribution in [2.24, 2.45) is 17.8 Å². The van der Waals surface area contributed by atoms with Gasteiger partial charge in [-0.2, -0.15) is 0 Å². The number of nitrogens with zero attached hydrogens (tertiary/aromatic N) is 2. The second kappa shape index (κ2) is 5.82. The van der Waals surface area contributed by atoms with Crippen molar-refractivity contribution in [1.82, 2.24) is 14.7 Å². The maximum atomic E-state index is 13.4. The number of carbonyl (C=O) groups is 1. The fraction of sp³-hybridized carbons (Fsp3) is 0.619. The van der Waals surface area contributed by atoms with Crippen molar-refractivity contribution in [2.75, 3.05) is 0 Å². The maximum Gasteiger partial charge on any atom is 0.270 e. The molecule has 26 heavy (non-hydrogen) atoms. The second-order valence-electron chi connectivity index (χ2n) is 8.97. The minimum atomic E-state index is 0.0298. The van der Waals surface area contributed by atoms with E-state index in [-0.39, 0.29) is 11.4 Å². The smallest absolute Gasteiger partial charge is 0.270 e. The molecule has 4 aliphatic carbocycles. The van der Waals surface area contributed by atoms with Crippen LogP contribution in [0.2, 0.25) is 0 Å². The van der Waals surface area contributed by atoms with E-state index in [9.17, 15) is 4.79 Å². The van der Waals surface area contributed by atoms with E-state index >= 15 is 0 Å². The Morgan fingerprint density at radius 3 is 2.46 bits per heavy atom. The summed E-state index contributed by atoms with van der Waals surface area (Å²) in [6.07, 6.45) is 10.5.